The molecule has 0 amide bonds. The minimum Gasteiger partial charge on any atom is -0.493 e. The van der Waals surface area contributed by atoms with Crippen LogP contribution in [0.5, 0.6) is 11.5 Å². The van der Waals surface area contributed by atoms with E-state index < -0.39 is 0 Å². The van der Waals surface area contributed by atoms with E-state index in [1.54, 1.807) is 14.2 Å². The molecule has 0 aromatic heterocycles. The maximum Gasteiger partial charge on any atom is 0.164 e. The van der Waals surface area contributed by atoms with Gasteiger partial charge in [-0.25, -0.2) is 0 Å². The van der Waals surface area contributed by atoms with Crippen molar-refractivity contribution in [1.29, 1.82) is 0 Å². The Hall–Kier alpha value is -1.30. The average Bonchev–Trinajstić information content (AvgIpc) is 2.47. The summed E-state index contributed by atoms with van der Waals surface area (Å²) in [7, 11) is 3.32. The Morgan fingerprint density at radius 2 is 1.90 bits per heavy atom. The summed E-state index contributed by atoms with van der Waals surface area (Å²) in [5.74, 6) is 1.50. The van der Waals surface area contributed by atoms with Gasteiger partial charge in [0, 0.05) is 20.3 Å². The van der Waals surface area contributed by atoms with E-state index in [9.17, 15) is 0 Å². The minimum atomic E-state index is 0.491. The summed E-state index contributed by atoms with van der Waals surface area (Å²) in [6, 6.07) is 5.83. The lowest BCUT2D eigenvalue weighted by atomic mass is 10.1. The summed E-state index contributed by atoms with van der Waals surface area (Å²) in [5, 5.41) is 0. The van der Waals surface area contributed by atoms with Crippen LogP contribution in [0.25, 0.3) is 0 Å². The highest BCUT2D eigenvalue weighted by Gasteiger charge is 2.09. The molecule has 0 fully saturated rings. The SMILES string of the molecule is COCCCOCCOc1c(CCN)cccc1OC. The molecule has 20 heavy (non-hydrogen) atoms. The van der Waals surface area contributed by atoms with Gasteiger partial charge >= 0.3 is 0 Å². The first-order valence-electron chi connectivity index (χ1n) is 6.89. The van der Waals surface area contributed by atoms with E-state index >= 15 is 0 Å². The average molecular weight is 283 g/mol. The molecule has 0 aliphatic carbocycles. The topological polar surface area (TPSA) is 62.9 Å². The molecule has 0 bridgehead atoms. The standard InChI is InChI=1S/C15H25NO4/c1-17-9-4-10-19-11-12-20-15-13(7-8-16)5-3-6-14(15)18-2/h3,5-6H,4,7-12,16H2,1-2H3. The number of hydrogen-bond donors (Lipinski definition) is 1. The van der Waals surface area contributed by atoms with Gasteiger partial charge in [0.05, 0.1) is 13.7 Å². The number of methoxy groups -OCH3 is 2. The number of para-hydroxylation sites is 1. The highest BCUT2D eigenvalue weighted by atomic mass is 16.5. The number of ether oxygens (including phenoxy) is 4. The van der Waals surface area contributed by atoms with Crippen molar-refractivity contribution in [1.82, 2.24) is 0 Å². The van der Waals surface area contributed by atoms with Gasteiger partial charge in [0.15, 0.2) is 11.5 Å². The van der Waals surface area contributed by atoms with Gasteiger partial charge in [0.2, 0.25) is 0 Å². The first kappa shape index (κ1) is 16.8. The number of rotatable bonds is 11. The zero-order chi connectivity index (χ0) is 14.6. The second-order valence-electron chi connectivity index (χ2n) is 4.29. The van der Waals surface area contributed by atoms with Crippen LogP contribution < -0.4 is 15.2 Å². The van der Waals surface area contributed by atoms with Crippen LogP contribution in [-0.4, -0.2) is 47.2 Å². The normalized spacial score (nSPS) is 10.6. The molecule has 1 rings (SSSR count). The first-order chi connectivity index (χ1) is 9.83. The van der Waals surface area contributed by atoms with Gasteiger partial charge in [-0.2, -0.15) is 0 Å². The van der Waals surface area contributed by atoms with Crippen LogP contribution in [0.4, 0.5) is 0 Å². The van der Waals surface area contributed by atoms with E-state index in [0.717, 1.165) is 29.9 Å². The molecular formula is C15H25NO4. The van der Waals surface area contributed by atoms with E-state index in [2.05, 4.69) is 0 Å². The fraction of sp³-hybridized carbons (Fsp3) is 0.600. The monoisotopic (exact) mass is 283 g/mol. The molecule has 1 aromatic rings. The van der Waals surface area contributed by atoms with Gasteiger partial charge in [-0.15, -0.1) is 0 Å². The summed E-state index contributed by atoms with van der Waals surface area (Å²) in [6.07, 6.45) is 1.66. The molecule has 0 aliphatic heterocycles. The molecule has 0 heterocycles. The molecule has 5 heteroatoms. The van der Waals surface area contributed by atoms with Gasteiger partial charge in [-0.3, -0.25) is 0 Å². The molecule has 2 N–H and O–H groups in total. The van der Waals surface area contributed by atoms with E-state index in [-0.39, 0.29) is 0 Å². The van der Waals surface area contributed by atoms with Crippen LogP contribution in [0, 0.1) is 0 Å². The maximum absolute atomic E-state index is 5.78. The van der Waals surface area contributed by atoms with Gasteiger partial charge in [0.1, 0.15) is 6.61 Å². The van der Waals surface area contributed by atoms with Crippen molar-refractivity contribution in [2.24, 2.45) is 5.73 Å². The summed E-state index contributed by atoms with van der Waals surface area (Å²) in [5.41, 5.74) is 6.67. The second-order valence-corrected chi connectivity index (χ2v) is 4.29. The van der Waals surface area contributed by atoms with E-state index in [4.69, 9.17) is 24.7 Å². The Morgan fingerprint density at radius 3 is 2.60 bits per heavy atom. The third-order valence-electron chi connectivity index (χ3n) is 2.81. The fourth-order valence-electron chi connectivity index (χ4n) is 1.85. The van der Waals surface area contributed by atoms with Crippen molar-refractivity contribution in [3.05, 3.63) is 23.8 Å². The van der Waals surface area contributed by atoms with Gasteiger partial charge in [0.25, 0.3) is 0 Å². The van der Waals surface area contributed by atoms with Gasteiger partial charge in [-0.1, -0.05) is 12.1 Å². The zero-order valence-corrected chi connectivity index (χ0v) is 12.4. The minimum absolute atomic E-state index is 0.491. The summed E-state index contributed by atoms with van der Waals surface area (Å²) >= 11 is 0. The lowest BCUT2D eigenvalue weighted by molar-refractivity contribution is 0.0797. The number of nitrogens with two attached hydrogens (primary N) is 1. The van der Waals surface area contributed by atoms with Crippen molar-refractivity contribution >= 4 is 0 Å². The van der Waals surface area contributed by atoms with Crippen molar-refractivity contribution in [2.45, 2.75) is 12.8 Å². The van der Waals surface area contributed by atoms with Crippen LogP contribution in [0.2, 0.25) is 0 Å². The van der Waals surface area contributed by atoms with Crippen LogP contribution >= 0.6 is 0 Å². The molecule has 0 spiro atoms. The van der Waals surface area contributed by atoms with Crippen molar-refractivity contribution in [3.63, 3.8) is 0 Å². The Kier molecular flexibility index (Phi) is 8.78. The largest absolute Gasteiger partial charge is 0.493 e. The predicted molar refractivity (Wildman–Crippen MR) is 78.6 cm³/mol. The van der Waals surface area contributed by atoms with E-state index in [1.165, 1.54) is 0 Å². The highest BCUT2D eigenvalue weighted by Crippen LogP contribution is 2.31. The third-order valence-corrected chi connectivity index (χ3v) is 2.81. The van der Waals surface area contributed by atoms with E-state index in [0.29, 0.717) is 33.0 Å². The molecule has 1 aromatic carbocycles. The third kappa shape index (κ3) is 5.77. The quantitative estimate of drug-likeness (QED) is 0.625. The molecule has 114 valence electrons. The van der Waals surface area contributed by atoms with Crippen molar-refractivity contribution in [3.8, 4) is 11.5 Å². The molecule has 0 aliphatic rings. The molecule has 0 saturated heterocycles. The molecular weight excluding hydrogens is 258 g/mol. The first-order valence-corrected chi connectivity index (χ1v) is 6.89. The summed E-state index contributed by atoms with van der Waals surface area (Å²) < 4.78 is 21.5. The lowest BCUT2D eigenvalue weighted by Crippen LogP contribution is -2.11. The zero-order valence-electron chi connectivity index (χ0n) is 12.4. The Bertz CT molecular complexity index is 371. The maximum atomic E-state index is 5.78. The Morgan fingerprint density at radius 1 is 1.05 bits per heavy atom. The van der Waals surface area contributed by atoms with Crippen molar-refractivity contribution < 1.29 is 18.9 Å². The van der Waals surface area contributed by atoms with Crippen LogP contribution in [-0.2, 0) is 15.9 Å². The van der Waals surface area contributed by atoms with Crippen LogP contribution in [0.3, 0.4) is 0 Å². The fourth-order valence-corrected chi connectivity index (χ4v) is 1.85. The van der Waals surface area contributed by atoms with E-state index in [1.807, 2.05) is 18.2 Å². The second kappa shape index (κ2) is 10.5. The molecule has 0 saturated carbocycles. The summed E-state index contributed by atoms with van der Waals surface area (Å²) in [4.78, 5) is 0. The number of hydrogen-bond acceptors (Lipinski definition) is 5. The lowest BCUT2D eigenvalue weighted by Gasteiger charge is -2.14. The highest BCUT2D eigenvalue weighted by molar-refractivity contribution is 5.46. The molecule has 0 atom stereocenters. The molecule has 0 unspecified atom stereocenters. The van der Waals surface area contributed by atoms with Crippen molar-refractivity contribution in [2.75, 3.05) is 47.2 Å². The van der Waals surface area contributed by atoms with Gasteiger partial charge < -0.3 is 24.7 Å². The molecule has 0 radical (unpaired) electrons. The summed E-state index contributed by atoms with van der Waals surface area (Å²) in [6.45, 7) is 3.01. The van der Waals surface area contributed by atoms with Crippen LogP contribution in [0.1, 0.15) is 12.0 Å². The van der Waals surface area contributed by atoms with Gasteiger partial charge in [-0.05, 0) is 31.0 Å². The number of benzene rings is 1. The Labute approximate surface area is 121 Å². The van der Waals surface area contributed by atoms with Crippen LogP contribution in [0.15, 0.2) is 18.2 Å². The predicted octanol–water partition coefficient (Wildman–Crippen LogP) is 1.63. The Balaban J connectivity index is 2.41. The molecule has 5 nitrogen and oxygen atoms in total. The smallest absolute Gasteiger partial charge is 0.164 e.